The van der Waals surface area contributed by atoms with Crippen LogP contribution in [0.5, 0.6) is 11.5 Å². The molecule has 0 atom stereocenters. The molecule has 0 saturated heterocycles. The van der Waals surface area contributed by atoms with E-state index in [1.54, 1.807) is 24.3 Å². The molecule has 1 heterocycles. The fraction of sp³-hybridized carbons (Fsp3) is 0.125. The highest BCUT2D eigenvalue weighted by Gasteiger charge is 2.21. The third-order valence-electron chi connectivity index (χ3n) is 3.20. The van der Waals surface area contributed by atoms with Crippen molar-refractivity contribution in [2.45, 2.75) is 6.42 Å². The Morgan fingerprint density at radius 2 is 2.15 bits per heavy atom. The molecule has 3 rings (SSSR count). The molecule has 0 aliphatic carbocycles. The number of hydrogen-bond donors (Lipinski definition) is 0. The van der Waals surface area contributed by atoms with Crippen molar-refractivity contribution in [2.24, 2.45) is 0 Å². The minimum Gasteiger partial charge on any atom is -0.492 e. The van der Waals surface area contributed by atoms with Crippen LogP contribution in [-0.4, -0.2) is 18.4 Å². The van der Waals surface area contributed by atoms with Gasteiger partial charge in [-0.05, 0) is 35.0 Å². The van der Waals surface area contributed by atoms with Crippen molar-refractivity contribution in [3.8, 4) is 11.5 Å². The number of carbonyl (C=O) groups is 2. The lowest BCUT2D eigenvalue weighted by atomic mass is 9.97. The molecule has 0 unspecified atom stereocenters. The van der Waals surface area contributed by atoms with Crippen LogP contribution < -0.4 is 9.47 Å². The van der Waals surface area contributed by atoms with Crippen LogP contribution in [0, 0.1) is 0 Å². The monoisotopic (exact) mass is 268 g/mol. The molecule has 0 radical (unpaired) electrons. The number of Topliss-reactive ketones (excluding diaryl/α,β-unsaturated/α-hetero) is 1. The summed E-state index contributed by atoms with van der Waals surface area (Å²) in [5.74, 6) is 0.602. The normalized spacial score (nSPS) is 13.5. The summed E-state index contributed by atoms with van der Waals surface area (Å²) in [4.78, 5) is 23.2. The standard InChI is InChI=1S/C16H12O4/c1-2-15(18)20-11-4-5-12-10(9-11)3-6-14-16(12)13(17)7-8-19-14/h2-6,9H,1,7-8H2. The van der Waals surface area contributed by atoms with E-state index in [1.165, 1.54) is 0 Å². The number of carbonyl (C=O) groups excluding carboxylic acids is 2. The van der Waals surface area contributed by atoms with E-state index in [0.717, 1.165) is 16.8 Å². The number of esters is 1. The lowest BCUT2D eigenvalue weighted by molar-refractivity contribution is -0.128. The number of ether oxygens (including phenoxy) is 2. The molecule has 1 aliphatic heterocycles. The topological polar surface area (TPSA) is 52.6 Å². The Kier molecular flexibility index (Phi) is 2.99. The van der Waals surface area contributed by atoms with Gasteiger partial charge in [0.25, 0.3) is 0 Å². The van der Waals surface area contributed by atoms with E-state index in [2.05, 4.69) is 6.58 Å². The molecule has 2 aromatic rings. The van der Waals surface area contributed by atoms with E-state index in [0.29, 0.717) is 30.1 Å². The lowest BCUT2D eigenvalue weighted by Gasteiger charge is -2.18. The average molecular weight is 268 g/mol. The summed E-state index contributed by atoms with van der Waals surface area (Å²) in [6.07, 6.45) is 1.49. The highest BCUT2D eigenvalue weighted by atomic mass is 16.5. The van der Waals surface area contributed by atoms with Crippen LogP contribution in [0.3, 0.4) is 0 Å². The molecule has 4 heteroatoms. The van der Waals surface area contributed by atoms with Gasteiger partial charge < -0.3 is 9.47 Å². The van der Waals surface area contributed by atoms with Crippen molar-refractivity contribution in [1.82, 2.24) is 0 Å². The van der Waals surface area contributed by atoms with Gasteiger partial charge in [-0.1, -0.05) is 12.6 Å². The molecule has 100 valence electrons. The van der Waals surface area contributed by atoms with E-state index in [-0.39, 0.29) is 5.78 Å². The second-order valence-corrected chi connectivity index (χ2v) is 4.47. The SMILES string of the molecule is C=CC(=O)Oc1ccc2c3c(ccc2c1)OCCC3=O. The third-order valence-corrected chi connectivity index (χ3v) is 3.20. The van der Waals surface area contributed by atoms with Crippen molar-refractivity contribution >= 4 is 22.5 Å². The summed E-state index contributed by atoms with van der Waals surface area (Å²) in [6, 6.07) is 8.77. The lowest BCUT2D eigenvalue weighted by Crippen LogP contribution is -2.15. The Bertz CT molecular complexity index is 731. The zero-order valence-electron chi connectivity index (χ0n) is 10.7. The van der Waals surface area contributed by atoms with E-state index in [9.17, 15) is 9.59 Å². The third kappa shape index (κ3) is 2.05. The number of hydrogen-bond acceptors (Lipinski definition) is 4. The Balaban J connectivity index is 2.11. The summed E-state index contributed by atoms with van der Waals surface area (Å²) < 4.78 is 10.6. The Morgan fingerprint density at radius 3 is 2.95 bits per heavy atom. The minimum absolute atomic E-state index is 0.0766. The number of rotatable bonds is 2. The Labute approximate surface area is 115 Å². The van der Waals surface area contributed by atoms with Crippen molar-refractivity contribution in [1.29, 1.82) is 0 Å². The van der Waals surface area contributed by atoms with Crippen LogP contribution in [0.1, 0.15) is 16.8 Å². The first-order valence-corrected chi connectivity index (χ1v) is 6.26. The van der Waals surface area contributed by atoms with Gasteiger partial charge in [0.2, 0.25) is 0 Å². The molecule has 4 nitrogen and oxygen atoms in total. The first-order valence-electron chi connectivity index (χ1n) is 6.26. The molecule has 2 aromatic carbocycles. The van der Waals surface area contributed by atoms with Gasteiger partial charge in [-0.2, -0.15) is 0 Å². The minimum atomic E-state index is -0.512. The summed E-state index contributed by atoms with van der Waals surface area (Å²) in [7, 11) is 0. The Morgan fingerprint density at radius 1 is 1.30 bits per heavy atom. The number of fused-ring (bicyclic) bond motifs is 3. The molecule has 20 heavy (non-hydrogen) atoms. The highest BCUT2D eigenvalue weighted by Crippen LogP contribution is 2.33. The van der Waals surface area contributed by atoms with Gasteiger partial charge >= 0.3 is 5.97 Å². The second-order valence-electron chi connectivity index (χ2n) is 4.47. The second kappa shape index (κ2) is 4.81. The molecule has 0 bridgehead atoms. The smallest absolute Gasteiger partial charge is 0.335 e. The van der Waals surface area contributed by atoms with Crippen LogP contribution >= 0.6 is 0 Å². The first kappa shape index (κ1) is 12.4. The number of ketones is 1. The summed E-state index contributed by atoms with van der Waals surface area (Å²) in [5, 5.41) is 1.64. The van der Waals surface area contributed by atoms with Gasteiger partial charge in [0.1, 0.15) is 11.5 Å². The fourth-order valence-corrected chi connectivity index (χ4v) is 2.30. The first-order chi connectivity index (χ1) is 9.69. The van der Waals surface area contributed by atoms with Crippen molar-refractivity contribution < 1.29 is 19.1 Å². The Hall–Kier alpha value is -2.62. The fourth-order valence-electron chi connectivity index (χ4n) is 2.30. The predicted octanol–water partition coefficient (Wildman–Crippen LogP) is 2.90. The highest BCUT2D eigenvalue weighted by molar-refractivity contribution is 6.11. The van der Waals surface area contributed by atoms with Crippen LogP contribution in [0.2, 0.25) is 0 Å². The van der Waals surface area contributed by atoms with Crippen molar-refractivity contribution in [3.63, 3.8) is 0 Å². The largest absolute Gasteiger partial charge is 0.492 e. The maximum atomic E-state index is 12.0. The molecule has 0 amide bonds. The summed E-state index contributed by atoms with van der Waals surface area (Å²) in [5.41, 5.74) is 0.607. The average Bonchev–Trinajstić information content (AvgIpc) is 2.47. The van der Waals surface area contributed by atoms with Gasteiger partial charge in [0.15, 0.2) is 5.78 Å². The molecule has 0 aromatic heterocycles. The number of benzene rings is 2. The van der Waals surface area contributed by atoms with E-state index >= 15 is 0 Å². The molecule has 0 fully saturated rings. The predicted molar refractivity (Wildman–Crippen MR) is 74.2 cm³/mol. The van der Waals surface area contributed by atoms with Gasteiger partial charge in [0, 0.05) is 12.5 Å². The van der Waals surface area contributed by atoms with Crippen LogP contribution in [0.25, 0.3) is 10.8 Å². The summed E-state index contributed by atoms with van der Waals surface area (Å²) in [6.45, 7) is 3.77. The van der Waals surface area contributed by atoms with Gasteiger partial charge in [-0.25, -0.2) is 4.79 Å². The molecule has 0 N–H and O–H groups in total. The molecular weight excluding hydrogens is 256 g/mol. The van der Waals surface area contributed by atoms with E-state index in [4.69, 9.17) is 9.47 Å². The van der Waals surface area contributed by atoms with Crippen molar-refractivity contribution in [2.75, 3.05) is 6.61 Å². The molecule has 0 saturated carbocycles. The quantitative estimate of drug-likeness (QED) is 0.477. The van der Waals surface area contributed by atoms with E-state index < -0.39 is 5.97 Å². The maximum absolute atomic E-state index is 12.0. The van der Waals surface area contributed by atoms with Crippen LogP contribution in [0.4, 0.5) is 0 Å². The summed E-state index contributed by atoms with van der Waals surface area (Å²) >= 11 is 0. The van der Waals surface area contributed by atoms with Crippen LogP contribution in [0.15, 0.2) is 43.0 Å². The van der Waals surface area contributed by atoms with Gasteiger partial charge in [-0.3, -0.25) is 4.79 Å². The van der Waals surface area contributed by atoms with E-state index in [1.807, 2.05) is 6.07 Å². The molecular formula is C16H12O4. The molecule has 0 spiro atoms. The van der Waals surface area contributed by atoms with Gasteiger partial charge in [0.05, 0.1) is 12.2 Å². The van der Waals surface area contributed by atoms with Crippen molar-refractivity contribution in [3.05, 3.63) is 48.6 Å². The maximum Gasteiger partial charge on any atom is 0.335 e. The zero-order chi connectivity index (χ0) is 14.1. The van der Waals surface area contributed by atoms with Crippen LogP contribution in [-0.2, 0) is 4.79 Å². The zero-order valence-corrected chi connectivity index (χ0v) is 10.7. The molecule has 1 aliphatic rings. The van der Waals surface area contributed by atoms with Gasteiger partial charge in [-0.15, -0.1) is 0 Å².